The maximum Gasteiger partial charge on any atom is 0.253 e. The average molecular weight is 242 g/mol. The third kappa shape index (κ3) is 2.32. The van der Waals surface area contributed by atoms with E-state index in [-0.39, 0.29) is 11.7 Å². The molecule has 0 aliphatic heterocycles. The van der Waals surface area contributed by atoms with E-state index in [9.17, 15) is 9.90 Å². The Hall–Kier alpha value is -2.36. The molecule has 1 N–H and O–H groups in total. The van der Waals surface area contributed by atoms with Gasteiger partial charge in [-0.15, -0.1) is 0 Å². The van der Waals surface area contributed by atoms with Gasteiger partial charge in [0.1, 0.15) is 11.4 Å². The van der Waals surface area contributed by atoms with E-state index in [2.05, 4.69) is 4.98 Å². The molecule has 1 heterocycles. The molecule has 4 heteroatoms. The monoisotopic (exact) mass is 242 g/mol. The van der Waals surface area contributed by atoms with E-state index in [0.717, 1.165) is 5.56 Å². The van der Waals surface area contributed by atoms with Gasteiger partial charge >= 0.3 is 0 Å². The molecular formula is C14H14N2O2. The second-order valence-electron chi connectivity index (χ2n) is 4.15. The topological polar surface area (TPSA) is 53.4 Å². The Labute approximate surface area is 106 Å². The molecule has 0 aliphatic rings. The predicted molar refractivity (Wildman–Crippen MR) is 69.4 cm³/mol. The Morgan fingerprint density at radius 3 is 2.67 bits per heavy atom. The highest BCUT2D eigenvalue weighted by Crippen LogP contribution is 2.26. The molecule has 0 bridgehead atoms. The molecular weight excluding hydrogens is 228 g/mol. The van der Waals surface area contributed by atoms with Crippen molar-refractivity contribution in [3.63, 3.8) is 0 Å². The van der Waals surface area contributed by atoms with Gasteiger partial charge in [0.15, 0.2) is 0 Å². The summed E-state index contributed by atoms with van der Waals surface area (Å²) in [4.78, 5) is 17.5. The summed E-state index contributed by atoms with van der Waals surface area (Å²) in [6.45, 7) is 0. The number of hydrogen-bond donors (Lipinski definition) is 1. The van der Waals surface area contributed by atoms with Crippen molar-refractivity contribution in [1.82, 2.24) is 9.88 Å². The zero-order valence-electron chi connectivity index (χ0n) is 10.3. The van der Waals surface area contributed by atoms with Crippen LogP contribution in [0.2, 0.25) is 0 Å². The number of amides is 1. The zero-order chi connectivity index (χ0) is 13.1. The lowest BCUT2D eigenvalue weighted by molar-refractivity contribution is 0.0827. The van der Waals surface area contributed by atoms with Crippen molar-refractivity contribution in [2.45, 2.75) is 0 Å². The van der Waals surface area contributed by atoms with Crippen LogP contribution in [-0.4, -0.2) is 35.0 Å². The molecule has 0 saturated heterocycles. The number of aromatic nitrogens is 1. The zero-order valence-corrected chi connectivity index (χ0v) is 10.3. The fourth-order valence-electron chi connectivity index (χ4n) is 1.68. The minimum Gasteiger partial charge on any atom is -0.506 e. The number of nitrogens with zero attached hydrogens (tertiary/aromatic N) is 2. The number of carbonyl (C=O) groups is 1. The highest BCUT2D eigenvalue weighted by Gasteiger charge is 2.11. The van der Waals surface area contributed by atoms with Crippen LogP contribution in [-0.2, 0) is 0 Å². The average Bonchev–Trinajstić information content (AvgIpc) is 2.38. The minimum absolute atomic E-state index is 0.0766. The van der Waals surface area contributed by atoms with Crippen molar-refractivity contribution in [2.75, 3.05) is 14.1 Å². The summed E-state index contributed by atoms with van der Waals surface area (Å²) in [6.07, 6.45) is 1.61. The van der Waals surface area contributed by atoms with Crippen LogP contribution in [0.3, 0.4) is 0 Å². The van der Waals surface area contributed by atoms with Crippen LogP contribution in [0.15, 0.2) is 42.6 Å². The summed E-state index contributed by atoms with van der Waals surface area (Å²) in [7, 11) is 3.40. The number of rotatable bonds is 2. The van der Waals surface area contributed by atoms with Crippen LogP contribution < -0.4 is 0 Å². The van der Waals surface area contributed by atoms with E-state index < -0.39 is 0 Å². The van der Waals surface area contributed by atoms with Gasteiger partial charge in [0.2, 0.25) is 0 Å². The Morgan fingerprint density at radius 1 is 1.22 bits per heavy atom. The molecule has 1 aromatic heterocycles. The maximum absolute atomic E-state index is 11.9. The fourth-order valence-corrected chi connectivity index (χ4v) is 1.68. The van der Waals surface area contributed by atoms with Gasteiger partial charge in [-0.2, -0.15) is 0 Å². The van der Waals surface area contributed by atoms with Crippen molar-refractivity contribution < 1.29 is 9.90 Å². The summed E-state index contributed by atoms with van der Waals surface area (Å²) in [5.74, 6) is 0.0271. The molecule has 4 nitrogen and oxygen atoms in total. The fraction of sp³-hybridized carbons (Fsp3) is 0.143. The lowest BCUT2D eigenvalue weighted by atomic mass is 10.1. The molecule has 92 valence electrons. The highest BCUT2D eigenvalue weighted by atomic mass is 16.3. The SMILES string of the molecule is CN(C)C(=O)c1cccc(-c2ncccc2O)c1. The first-order chi connectivity index (χ1) is 8.59. The van der Waals surface area contributed by atoms with Gasteiger partial charge in [0, 0.05) is 31.4 Å². The van der Waals surface area contributed by atoms with Gasteiger partial charge in [0.05, 0.1) is 0 Å². The summed E-state index contributed by atoms with van der Waals surface area (Å²) in [5.41, 5.74) is 1.77. The Bertz CT molecular complexity index is 580. The molecule has 1 amide bonds. The normalized spacial score (nSPS) is 10.1. The van der Waals surface area contributed by atoms with E-state index in [1.54, 1.807) is 50.6 Å². The molecule has 2 aromatic rings. The van der Waals surface area contributed by atoms with Gasteiger partial charge in [-0.05, 0) is 24.3 Å². The number of hydrogen-bond acceptors (Lipinski definition) is 3. The van der Waals surface area contributed by atoms with Crippen molar-refractivity contribution >= 4 is 5.91 Å². The Morgan fingerprint density at radius 2 is 2.00 bits per heavy atom. The van der Waals surface area contributed by atoms with Crippen LogP contribution >= 0.6 is 0 Å². The molecule has 0 saturated carbocycles. The number of aromatic hydroxyl groups is 1. The first-order valence-corrected chi connectivity index (χ1v) is 5.55. The largest absolute Gasteiger partial charge is 0.506 e. The minimum atomic E-state index is -0.0766. The first-order valence-electron chi connectivity index (χ1n) is 5.55. The van der Waals surface area contributed by atoms with E-state index in [1.807, 2.05) is 6.07 Å². The molecule has 18 heavy (non-hydrogen) atoms. The Kier molecular flexibility index (Phi) is 3.28. The standard InChI is InChI=1S/C14H14N2O2/c1-16(2)14(18)11-6-3-5-10(9-11)13-12(17)7-4-8-15-13/h3-9,17H,1-2H3. The van der Waals surface area contributed by atoms with Gasteiger partial charge in [-0.1, -0.05) is 12.1 Å². The Balaban J connectivity index is 2.45. The van der Waals surface area contributed by atoms with Crippen molar-refractivity contribution in [3.8, 4) is 17.0 Å². The van der Waals surface area contributed by atoms with E-state index in [4.69, 9.17) is 0 Å². The quantitative estimate of drug-likeness (QED) is 0.878. The molecule has 2 rings (SSSR count). The molecule has 0 fully saturated rings. The van der Waals surface area contributed by atoms with E-state index >= 15 is 0 Å². The lowest BCUT2D eigenvalue weighted by Crippen LogP contribution is -2.21. The van der Waals surface area contributed by atoms with Crippen LogP contribution in [0.25, 0.3) is 11.3 Å². The number of benzene rings is 1. The van der Waals surface area contributed by atoms with Crippen molar-refractivity contribution in [1.29, 1.82) is 0 Å². The lowest BCUT2D eigenvalue weighted by Gasteiger charge is -2.11. The van der Waals surface area contributed by atoms with Crippen LogP contribution in [0, 0.1) is 0 Å². The molecule has 0 spiro atoms. The van der Waals surface area contributed by atoms with Crippen LogP contribution in [0.4, 0.5) is 0 Å². The molecule has 0 atom stereocenters. The van der Waals surface area contributed by atoms with Gasteiger partial charge in [-0.3, -0.25) is 9.78 Å². The molecule has 0 unspecified atom stereocenters. The summed E-state index contributed by atoms with van der Waals surface area (Å²) in [6, 6.07) is 10.3. The summed E-state index contributed by atoms with van der Waals surface area (Å²) >= 11 is 0. The second-order valence-corrected chi connectivity index (χ2v) is 4.15. The highest BCUT2D eigenvalue weighted by molar-refractivity contribution is 5.95. The van der Waals surface area contributed by atoms with Gasteiger partial charge in [0.25, 0.3) is 5.91 Å². The van der Waals surface area contributed by atoms with Gasteiger partial charge in [-0.25, -0.2) is 0 Å². The van der Waals surface area contributed by atoms with Crippen LogP contribution in [0.5, 0.6) is 5.75 Å². The van der Waals surface area contributed by atoms with E-state index in [0.29, 0.717) is 11.3 Å². The number of pyridine rings is 1. The van der Waals surface area contributed by atoms with Crippen LogP contribution in [0.1, 0.15) is 10.4 Å². The van der Waals surface area contributed by atoms with Crippen molar-refractivity contribution in [2.24, 2.45) is 0 Å². The summed E-state index contributed by atoms with van der Waals surface area (Å²) < 4.78 is 0. The third-order valence-corrected chi connectivity index (χ3v) is 2.58. The second kappa shape index (κ2) is 4.87. The molecule has 0 aliphatic carbocycles. The molecule has 0 radical (unpaired) electrons. The molecule has 1 aromatic carbocycles. The first kappa shape index (κ1) is 12.1. The van der Waals surface area contributed by atoms with Crippen molar-refractivity contribution in [3.05, 3.63) is 48.2 Å². The maximum atomic E-state index is 11.9. The third-order valence-electron chi connectivity index (χ3n) is 2.58. The van der Waals surface area contributed by atoms with E-state index in [1.165, 1.54) is 4.90 Å². The summed E-state index contributed by atoms with van der Waals surface area (Å²) in [5, 5.41) is 9.74. The van der Waals surface area contributed by atoms with Gasteiger partial charge < -0.3 is 10.0 Å². The predicted octanol–water partition coefficient (Wildman–Crippen LogP) is 2.16. The number of carbonyl (C=O) groups excluding carboxylic acids is 1. The smallest absolute Gasteiger partial charge is 0.253 e.